The maximum Gasteiger partial charge on any atom is 0.269 e. The third-order valence-electron chi connectivity index (χ3n) is 3.03. The fourth-order valence-corrected chi connectivity index (χ4v) is 8.11. The molecule has 0 aliphatic carbocycles. The van der Waals surface area contributed by atoms with Crippen molar-refractivity contribution >= 4 is 93.5 Å². The van der Waals surface area contributed by atoms with Crippen LogP contribution in [0.3, 0.4) is 0 Å². The number of thioether (sulfide) groups is 4. The Balaban J connectivity index is 1.92. The van der Waals surface area contributed by atoms with Crippen molar-refractivity contribution in [2.75, 3.05) is 0 Å². The number of halogens is 4. The average Bonchev–Trinajstić information content (AvgIpc) is 3.16. The van der Waals surface area contributed by atoms with Crippen LogP contribution in [0.5, 0.6) is 11.5 Å². The fraction of sp³-hybridized carbons (Fsp3) is 0.167. The molecule has 3 heterocycles. The van der Waals surface area contributed by atoms with Gasteiger partial charge in [0.2, 0.25) is 0 Å². The summed E-state index contributed by atoms with van der Waals surface area (Å²) in [6.07, 6.45) is 0. The van der Waals surface area contributed by atoms with Crippen molar-refractivity contribution in [1.82, 2.24) is 0 Å². The second-order valence-corrected chi connectivity index (χ2v) is 10.6. The monoisotopic (exact) mass is 448 g/mol. The predicted molar refractivity (Wildman–Crippen MR) is 102 cm³/mol. The Morgan fingerprint density at radius 1 is 0.591 bits per heavy atom. The van der Waals surface area contributed by atoms with E-state index in [1.165, 1.54) is 47.0 Å². The van der Waals surface area contributed by atoms with Gasteiger partial charge in [-0.25, -0.2) is 0 Å². The number of hydrogen-bond acceptors (Lipinski definition) is 6. The smallest absolute Gasteiger partial charge is 0.269 e. The van der Waals surface area contributed by atoms with Crippen LogP contribution in [-0.4, -0.2) is 8.53 Å². The highest BCUT2D eigenvalue weighted by atomic mass is 35.5. The van der Waals surface area contributed by atoms with E-state index >= 15 is 0 Å². The van der Waals surface area contributed by atoms with Crippen molar-refractivity contribution in [2.45, 2.75) is 8.53 Å². The SMILES string of the molecule is Clc1c(Cl)c(Cl)c2c(c1Cl)OC1(SC=CS1)C1(O2)SC=CS1. The minimum absolute atomic E-state index is 0.160. The zero-order valence-electron chi connectivity index (χ0n) is 10.3. The van der Waals surface area contributed by atoms with Gasteiger partial charge in [0.15, 0.2) is 11.5 Å². The topological polar surface area (TPSA) is 18.5 Å². The number of rotatable bonds is 0. The molecule has 0 unspecified atom stereocenters. The Kier molecular flexibility index (Phi) is 4.23. The molecule has 0 amide bonds. The van der Waals surface area contributed by atoms with Crippen molar-refractivity contribution in [1.29, 1.82) is 0 Å². The molecule has 0 saturated carbocycles. The van der Waals surface area contributed by atoms with Crippen LogP contribution in [0.15, 0.2) is 21.6 Å². The summed E-state index contributed by atoms with van der Waals surface area (Å²) >= 11 is 31.0. The van der Waals surface area contributed by atoms with Gasteiger partial charge in [0.25, 0.3) is 8.53 Å². The lowest BCUT2D eigenvalue weighted by Gasteiger charge is -2.46. The summed E-state index contributed by atoms with van der Waals surface area (Å²) in [6.45, 7) is 0. The van der Waals surface area contributed by atoms with E-state index in [1.807, 2.05) is 21.6 Å². The number of fused-ring (bicyclic) bond motifs is 2. The lowest BCUT2D eigenvalue weighted by atomic mass is 10.3. The van der Waals surface area contributed by atoms with Crippen LogP contribution in [0.4, 0.5) is 0 Å². The molecule has 0 atom stereocenters. The van der Waals surface area contributed by atoms with Crippen molar-refractivity contribution in [3.8, 4) is 11.5 Å². The van der Waals surface area contributed by atoms with Gasteiger partial charge in [0, 0.05) is 0 Å². The van der Waals surface area contributed by atoms with E-state index in [1.54, 1.807) is 0 Å². The Morgan fingerprint density at radius 3 is 1.23 bits per heavy atom. The predicted octanol–water partition coefficient (Wildman–Crippen LogP) is 7.28. The largest absolute Gasteiger partial charge is 0.455 e. The van der Waals surface area contributed by atoms with Crippen LogP contribution in [0.1, 0.15) is 0 Å². The van der Waals surface area contributed by atoms with Crippen LogP contribution in [0.2, 0.25) is 20.1 Å². The molecule has 22 heavy (non-hydrogen) atoms. The normalized spacial score (nSPS) is 22.9. The van der Waals surface area contributed by atoms with Gasteiger partial charge in [-0.2, -0.15) is 0 Å². The lowest BCUT2D eigenvalue weighted by molar-refractivity contribution is 0.0867. The summed E-state index contributed by atoms with van der Waals surface area (Å²) in [5.74, 6) is 0.645. The van der Waals surface area contributed by atoms with Gasteiger partial charge in [-0.15, -0.1) is 0 Å². The van der Waals surface area contributed by atoms with E-state index in [9.17, 15) is 0 Å². The molecular weight excluding hydrogens is 446 g/mol. The molecule has 4 rings (SSSR count). The first-order chi connectivity index (χ1) is 10.5. The highest BCUT2D eigenvalue weighted by Crippen LogP contribution is 2.69. The third-order valence-corrected chi connectivity index (χ3v) is 10.6. The number of hydrogen-bond donors (Lipinski definition) is 0. The molecule has 0 aromatic heterocycles. The molecule has 3 aliphatic rings. The molecular formula is C12H4Cl4O2S4. The van der Waals surface area contributed by atoms with Gasteiger partial charge in [-0.05, 0) is 21.6 Å². The molecule has 3 aliphatic heterocycles. The summed E-state index contributed by atoms with van der Waals surface area (Å²) in [5.41, 5.74) is 0. The summed E-state index contributed by atoms with van der Waals surface area (Å²) in [4.78, 5) is 0. The molecule has 0 fully saturated rings. The quantitative estimate of drug-likeness (QED) is 0.303. The Morgan fingerprint density at radius 2 is 0.909 bits per heavy atom. The fourth-order valence-electron chi connectivity index (χ4n) is 2.08. The molecule has 1 aromatic carbocycles. The Labute approximate surface area is 163 Å². The molecule has 2 spiro atoms. The van der Waals surface area contributed by atoms with Gasteiger partial charge in [0.1, 0.15) is 10.0 Å². The van der Waals surface area contributed by atoms with Gasteiger partial charge in [-0.3, -0.25) is 0 Å². The van der Waals surface area contributed by atoms with Crippen molar-refractivity contribution in [3.05, 3.63) is 41.7 Å². The first kappa shape index (κ1) is 16.3. The average molecular weight is 450 g/mol. The second kappa shape index (κ2) is 5.70. The maximum absolute atomic E-state index is 6.30. The van der Waals surface area contributed by atoms with Crippen molar-refractivity contribution in [3.63, 3.8) is 0 Å². The van der Waals surface area contributed by atoms with Crippen LogP contribution in [0.25, 0.3) is 0 Å². The van der Waals surface area contributed by atoms with E-state index in [-0.39, 0.29) is 20.1 Å². The summed E-state index contributed by atoms with van der Waals surface area (Å²) in [6, 6.07) is 0. The maximum atomic E-state index is 6.30. The molecule has 0 bridgehead atoms. The molecule has 2 nitrogen and oxygen atoms in total. The molecule has 116 valence electrons. The summed E-state index contributed by atoms with van der Waals surface area (Å²) in [5, 5.41) is 8.59. The van der Waals surface area contributed by atoms with Crippen LogP contribution >= 0.6 is 93.5 Å². The molecule has 0 N–H and O–H groups in total. The lowest BCUT2D eigenvalue weighted by Crippen LogP contribution is -2.53. The summed E-state index contributed by atoms with van der Waals surface area (Å²) < 4.78 is 11.1. The minimum Gasteiger partial charge on any atom is -0.455 e. The van der Waals surface area contributed by atoms with Crippen LogP contribution in [-0.2, 0) is 0 Å². The Bertz CT molecular complexity index is 660. The van der Waals surface area contributed by atoms with Crippen molar-refractivity contribution in [2.24, 2.45) is 0 Å². The molecule has 1 aromatic rings. The second-order valence-electron chi connectivity index (χ2n) is 4.25. The zero-order valence-corrected chi connectivity index (χ0v) is 16.6. The minimum atomic E-state index is -0.719. The van der Waals surface area contributed by atoms with Gasteiger partial charge in [-0.1, -0.05) is 93.5 Å². The standard InChI is InChI=1S/C12H4Cl4O2S4/c13-5-6(14)8(16)10-9(7(5)15)17-11(19-1-2-20-11)12(18-10)21-3-4-22-12/h1-4H. The molecule has 0 saturated heterocycles. The van der Waals surface area contributed by atoms with Gasteiger partial charge < -0.3 is 9.47 Å². The van der Waals surface area contributed by atoms with Crippen molar-refractivity contribution < 1.29 is 9.47 Å². The molecule has 0 radical (unpaired) electrons. The highest BCUT2D eigenvalue weighted by Gasteiger charge is 2.64. The third kappa shape index (κ3) is 2.15. The summed E-state index contributed by atoms with van der Waals surface area (Å²) in [7, 11) is 0. The first-order valence-corrected chi connectivity index (χ1v) is 10.8. The number of ether oxygens (including phenoxy) is 2. The van der Waals surface area contributed by atoms with Gasteiger partial charge in [0.05, 0.1) is 10.0 Å². The van der Waals surface area contributed by atoms with Crippen LogP contribution < -0.4 is 9.47 Å². The molecule has 10 heteroatoms. The van der Waals surface area contributed by atoms with E-state index < -0.39 is 8.53 Å². The van der Waals surface area contributed by atoms with E-state index in [0.717, 1.165) is 0 Å². The first-order valence-electron chi connectivity index (χ1n) is 5.75. The van der Waals surface area contributed by atoms with Crippen LogP contribution in [0, 0.1) is 0 Å². The zero-order chi connectivity index (χ0) is 15.5. The van der Waals surface area contributed by atoms with E-state index in [4.69, 9.17) is 55.9 Å². The number of benzene rings is 1. The van der Waals surface area contributed by atoms with Gasteiger partial charge >= 0.3 is 0 Å². The van der Waals surface area contributed by atoms with E-state index in [2.05, 4.69) is 0 Å². The highest BCUT2D eigenvalue weighted by molar-refractivity contribution is 8.30. The van der Waals surface area contributed by atoms with E-state index in [0.29, 0.717) is 11.5 Å². The Hall–Kier alpha value is 0.860.